The van der Waals surface area contributed by atoms with Crippen molar-refractivity contribution in [3.63, 3.8) is 0 Å². The predicted molar refractivity (Wildman–Crippen MR) is 70.7 cm³/mol. The molecule has 1 aromatic rings. The van der Waals surface area contributed by atoms with Crippen LogP contribution in [-0.4, -0.2) is 47.3 Å². The lowest BCUT2D eigenvalue weighted by atomic mass is 10.0. The fraction of sp³-hybridized carbons (Fsp3) is 0.786. The van der Waals surface area contributed by atoms with E-state index in [9.17, 15) is 0 Å². The van der Waals surface area contributed by atoms with Crippen molar-refractivity contribution in [3.8, 4) is 0 Å². The number of aromatic nitrogens is 2. The van der Waals surface area contributed by atoms with Crippen molar-refractivity contribution < 1.29 is 4.74 Å². The molecule has 3 heterocycles. The highest BCUT2D eigenvalue weighted by atomic mass is 16.5. The zero-order chi connectivity index (χ0) is 12.4. The van der Waals surface area contributed by atoms with Gasteiger partial charge in [-0.1, -0.05) is 6.92 Å². The van der Waals surface area contributed by atoms with E-state index < -0.39 is 0 Å². The summed E-state index contributed by atoms with van der Waals surface area (Å²) >= 11 is 0. The smallest absolute Gasteiger partial charge is 0.109 e. The second-order valence-corrected chi connectivity index (χ2v) is 5.64. The van der Waals surface area contributed by atoms with E-state index >= 15 is 0 Å². The van der Waals surface area contributed by atoms with Crippen LogP contribution in [0.2, 0.25) is 0 Å². The topological polar surface area (TPSA) is 30.3 Å². The SMILES string of the molecule is CC1CCn2cc(CCN3CCOCC3)nc2C1. The first-order valence-corrected chi connectivity index (χ1v) is 7.16. The summed E-state index contributed by atoms with van der Waals surface area (Å²) in [5, 5.41) is 0. The number of hydrogen-bond acceptors (Lipinski definition) is 3. The summed E-state index contributed by atoms with van der Waals surface area (Å²) in [5.74, 6) is 2.10. The van der Waals surface area contributed by atoms with Crippen molar-refractivity contribution >= 4 is 0 Å². The molecule has 1 saturated heterocycles. The number of rotatable bonds is 3. The minimum atomic E-state index is 0.798. The quantitative estimate of drug-likeness (QED) is 0.810. The Bertz CT molecular complexity index is 396. The number of imidazole rings is 1. The first-order chi connectivity index (χ1) is 8.81. The first kappa shape index (κ1) is 12.2. The van der Waals surface area contributed by atoms with Crippen LogP contribution in [0.4, 0.5) is 0 Å². The summed E-state index contributed by atoms with van der Waals surface area (Å²) < 4.78 is 7.72. The van der Waals surface area contributed by atoms with Gasteiger partial charge in [0.1, 0.15) is 5.82 Å². The molecule has 1 aromatic heterocycles. The van der Waals surface area contributed by atoms with Gasteiger partial charge in [0.2, 0.25) is 0 Å². The number of aryl methyl sites for hydroxylation is 1. The van der Waals surface area contributed by atoms with Gasteiger partial charge < -0.3 is 9.30 Å². The molecule has 4 heteroatoms. The molecule has 0 amide bonds. The van der Waals surface area contributed by atoms with E-state index in [4.69, 9.17) is 9.72 Å². The van der Waals surface area contributed by atoms with Crippen LogP contribution in [-0.2, 0) is 24.1 Å². The van der Waals surface area contributed by atoms with E-state index in [0.29, 0.717) is 0 Å². The van der Waals surface area contributed by atoms with Crippen LogP contribution in [0.3, 0.4) is 0 Å². The number of nitrogens with zero attached hydrogens (tertiary/aromatic N) is 3. The average molecular weight is 249 g/mol. The van der Waals surface area contributed by atoms with Crippen molar-refractivity contribution in [2.45, 2.75) is 32.7 Å². The number of ether oxygens (including phenoxy) is 1. The fourth-order valence-electron chi connectivity index (χ4n) is 2.86. The van der Waals surface area contributed by atoms with E-state index in [0.717, 1.165) is 58.2 Å². The molecule has 0 spiro atoms. The Morgan fingerprint density at radius 1 is 1.33 bits per heavy atom. The third-order valence-corrected chi connectivity index (χ3v) is 4.09. The summed E-state index contributed by atoms with van der Waals surface area (Å²) in [4.78, 5) is 7.27. The largest absolute Gasteiger partial charge is 0.379 e. The molecule has 3 rings (SSSR count). The van der Waals surface area contributed by atoms with Crippen LogP contribution >= 0.6 is 0 Å². The van der Waals surface area contributed by atoms with E-state index in [1.54, 1.807) is 0 Å². The normalized spacial score (nSPS) is 25.1. The lowest BCUT2D eigenvalue weighted by Gasteiger charge is -2.26. The Hall–Kier alpha value is -0.870. The molecule has 1 fully saturated rings. The van der Waals surface area contributed by atoms with Crippen LogP contribution in [0.25, 0.3) is 0 Å². The molecule has 1 atom stereocenters. The molecule has 18 heavy (non-hydrogen) atoms. The van der Waals surface area contributed by atoms with E-state index in [1.807, 2.05) is 0 Å². The highest BCUT2D eigenvalue weighted by Crippen LogP contribution is 2.19. The van der Waals surface area contributed by atoms with E-state index in [1.165, 1.54) is 17.9 Å². The lowest BCUT2D eigenvalue weighted by molar-refractivity contribution is 0.0383. The summed E-state index contributed by atoms with van der Waals surface area (Å²) in [6.45, 7) is 8.52. The molecular formula is C14H23N3O. The van der Waals surface area contributed by atoms with Gasteiger partial charge in [-0.25, -0.2) is 4.98 Å². The minimum absolute atomic E-state index is 0.798. The van der Waals surface area contributed by atoms with E-state index in [2.05, 4.69) is 22.6 Å². The summed E-state index contributed by atoms with van der Waals surface area (Å²) in [7, 11) is 0. The van der Waals surface area contributed by atoms with Gasteiger partial charge >= 0.3 is 0 Å². The zero-order valence-corrected chi connectivity index (χ0v) is 11.3. The summed E-state index contributed by atoms with van der Waals surface area (Å²) in [6.07, 6.45) is 5.79. The van der Waals surface area contributed by atoms with Gasteiger partial charge in [0.05, 0.1) is 18.9 Å². The van der Waals surface area contributed by atoms with Crippen molar-refractivity contribution in [2.24, 2.45) is 5.92 Å². The Morgan fingerprint density at radius 3 is 3.00 bits per heavy atom. The maximum absolute atomic E-state index is 5.37. The third-order valence-electron chi connectivity index (χ3n) is 4.09. The van der Waals surface area contributed by atoms with Gasteiger partial charge in [-0.05, 0) is 12.3 Å². The second kappa shape index (κ2) is 5.41. The standard InChI is InChI=1S/C14H23N3O/c1-12-2-5-17-11-13(15-14(17)10-12)3-4-16-6-8-18-9-7-16/h11-12H,2-10H2,1H3. The summed E-state index contributed by atoms with van der Waals surface area (Å²) in [5.41, 5.74) is 1.27. The predicted octanol–water partition coefficient (Wildman–Crippen LogP) is 1.34. The molecular weight excluding hydrogens is 226 g/mol. The maximum Gasteiger partial charge on any atom is 0.109 e. The van der Waals surface area contributed by atoms with Crippen LogP contribution in [0.1, 0.15) is 24.9 Å². The minimum Gasteiger partial charge on any atom is -0.379 e. The Kier molecular flexibility index (Phi) is 3.66. The lowest BCUT2D eigenvalue weighted by Crippen LogP contribution is -2.37. The zero-order valence-electron chi connectivity index (χ0n) is 11.3. The highest BCUT2D eigenvalue weighted by Gasteiger charge is 2.18. The molecule has 2 aliphatic heterocycles. The molecule has 0 saturated carbocycles. The van der Waals surface area contributed by atoms with Crippen molar-refractivity contribution in [1.82, 2.24) is 14.5 Å². The summed E-state index contributed by atoms with van der Waals surface area (Å²) in [6, 6.07) is 0. The fourth-order valence-corrected chi connectivity index (χ4v) is 2.86. The van der Waals surface area contributed by atoms with Gasteiger partial charge in [-0.2, -0.15) is 0 Å². The second-order valence-electron chi connectivity index (χ2n) is 5.64. The molecule has 1 unspecified atom stereocenters. The number of hydrogen-bond donors (Lipinski definition) is 0. The molecule has 0 bridgehead atoms. The number of morpholine rings is 1. The van der Waals surface area contributed by atoms with Crippen molar-refractivity contribution in [1.29, 1.82) is 0 Å². The Morgan fingerprint density at radius 2 is 2.17 bits per heavy atom. The molecule has 0 radical (unpaired) electrons. The van der Waals surface area contributed by atoms with E-state index in [-0.39, 0.29) is 0 Å². The monoisotopic (exact) mass is 249 g/mol. The molecule has 0 aromatic carbocycles. The van der Waals surface area contributed by atoms with Gasteiger partial charge in [-0.15, -0.1) is 0 Å². The van der Waals surface area contributed by atoms with Crippen LogP contribution in [0.15, 0.2) is 6.20 Å². The van der Waals surface area contributed by atoms with Crippen LogP contribution in [0, 0.1) is 5.92 Å². The van der Waals surface area contributed by atoms with Gasteiger partial charge in [0.15, 0.2) is 0 Å². The molecule has 0 aliphatic carbocycles. The Balaban J connectivity index is 1.56. The van der Waals surface area contributed by atoms with Crippen molar-refractivity contribution in [3.05, 3.63) is 17.7 Å². The molecule has 4 nitrogen and oxygen atoms in total. The Labute approximate surface area is 109 Å². The highest BCUT2D eigenvalue weighted by molar-refractivity contribution is 5.07. The number of fused-ring (bicyclic) bond motifs is 1. The van der Waals surface area contributed by atoms with Crippen molar-refractivity contribution in [2.75, 3.05) is 32.8 Å². The van der Waals surface area contributed by atoms with Gasteiger partial charge in [0, 0.05) is 45.2 Å². The molecule has 0 N–H and O–H groups in total. The molecule has 100 valence electrons. The third kappa shape index (κ3) is 2.75. The first-order valence-electron chi connectivity index (χ1n) is 7.16. The molecule has 2 aliphatic rings. The maximum atomic E-state index is 5.37. The van der Waals surface area contributed by atoms with Crippen LogP contribution in [0.5, 0.6) is 0 Å². The van der Waals surface area contributed by atoms with Gasteiger partial charge in [0.25, 0.3) is 0 Å². The van der Waals surface area contributed by atoms with Gasteiger partial charge in [-0.3, -0.25) is 4.90 Å². The average Bonchev–Trinajstić information content (AvgIpc) is 2.79. The van der Waals surface area contributed by atoms with Crippen LogP contribution < -0.4 is 0 Å².